The van der Waals surface area contributed by atoms with Gasteiger partial charge in [-0.15, -0.1) is 10.2 Å². The summed E-state index contributed by atoms with van der Waals surface area (Å²) in [5.74, 6) is 1.15. The zero-order chi connectivity index (χ0) is 24.9. The van der Waals surface area contributed by atoms with E-state index in [1.54, 1.807) is 4.57 Å². The molecule has 0 fully saturated rings. The van der Waals surface area contributed by atoms with Crippen LogP contribution in [-0.2, 0) is 30.6 Å². The number of hydrogen-bond acceptors (Lipinski definition) is 4. The first-order chi connectivity index (χ1) is 17.6. The van der Waals surface area contributed by atoms with E-state index >= 15 is 0 Å². The SMILES string of the molecule is Cc1cccc(CCNC(=O)CCc2nnc3n(CCc4ccccc4)c(=O)c4ccccc4n23)c1. The van der Waals surface area contributed by atoms with Crippen molar-refractivity contribution >= 4 is 22.6 Å². The van der Waals surface area contributed by atoms with E-state index in [0.717, 1.165) is 17.5 Å². The maximum absolute atomic E-state index is 13.3. The molecule has 0 saturated carbocycles. The number of nitrogens with one attached hydrogen (secondary N) is 1. The molecule has 0 bridgehead atoms. The summed E-state index contributed by atoms with van der Waals surface area (Å²) in [6.45, 7) is 3.15. The number of aromatic nitrogens is 4. The van der Waals surface area contributed by atoms with E-state index in [4.69, 9.17) is 0 Å². The number of benzene rings is 3. The van der Waals surface area contributed by atoms with Crippen molar-refractivity contribution in [2.24, 2.45) is 0 Å². The second-order valence-electron chi connectivity index (χ2n) is 9.05. The van der Waals surface area contributed by atoms with E-state index in [1.165, 1.54) is 11.1 Å². The molecule has 7 nitrogen and oxygen atoms in total. The lowest BCUT2D eigenvalue weighted by Gasteiger charge is -2.11. The van der Waals surface area contributed by atoms with Crippen LogP contribution >= 0.6 is 0 Å². The molecule has 182 valence electrons. The zero-order valence-electron chi connectivity index (χ0n) is 20.4. The Hall–Kier alpha value is -4.26. The Bertz CT molecular complexity index is 1570. The zero-order valence-corrected chi connectivity index (χ0v) is 20.4. The lowest BCUT2D eigenvalue weighted by atomic mass is 10.1. The van der Waals surface area contributed by atoms with Gasteiger partial charge in [-0.05, 0) is 43.0 Å². The van der Waals surface area contributed by atoms with Crippen LogP contribution < -0.4 is 10.9 Å². The normalized spacial score (nSPS) is 11.2. The molecule has 7 heteroatoms. The number of nitrogens with zero attached hydrogens (tertiary/aromatic N) is 4. The Kier molecular flexibility index (Phi) is 6.89. The average Bonchev–Trinajstić information content (AvgIpc) is 3.32. The van der Waals surface area contributed by atoms with Gasteiger partial charge in [-0.2, -0.15) is 0 Å². The molecule has 0 radical (unpaired) electrons. The molecule has 0 saturated heterocycles. The first kappa shape index (κ1) is 23.5. The molecule has 0 aliphatic heterocycles. The minimum Gasteiger partial charge on any atom is -0.356 e. The van der Waals surface area contributed by atoms with E-state index in [-0.39, 0.29) is 11.5 Å². The van der Waals surface area contributed by atoms with Crippen molar-refractivity contribution in [1.29, 1.82) is 0 Å². The average molecular weight is 480 g/mol. The maximum atomic E-state index is 13.3. The second kappa shape index (κ2) is 10.6. The van der Waals surface area contributed by atoms with E-state index in [9.17, 15) is 9.59 Å². The highest BCUT2D eigenvalue weighted by Crippen LogP contribution is 2.16. The molecule has 1 amide bonds. The fraction of sp³-hybridized carbons (Fsp3) is 0.241. The Morgan fingerprint density at radius 1 is 0.861 bits per heavy atom. The summed E-state index contributed by atoms with van der Waals surface area (Å²) < 4.78 is 3.61. The highest BCUT2D eigenvalue weighted by Gasteiger charge is 2.17. The summed E-state index contributed by atoms with van der Waals surface area (Å²) in [7, 11) is 0. The summed E-state index contributed by atoms with van der Waals surface area (Å²) in [5, 5.41) is 12.4. The fourth-order valence-electron chi connectivity index (χ4n) is 4.59. The molecule has 2 aromatic heterocycles. The molecule has 5 rings (SSSR count). The molecule has 0 aliphatic carbocycles. The predicted molar refractivity (Wildman–Crippen MR) is 141 cm³/mol. The largest absolute Gasteiger partial charge is 0.356 e. The number of para-hydroxylation sites is 1. The third-order valence-electron chi connectivity index (χ3n) is 6.44. The van der Waals surface area contributed by atoms with Crippen molar-refractivity contribution in [2.75, 3.05) is 6.54 Å². The van der Waals surface area contributed by atoms with E-state index in [0.29, 0.717) is 49.3 Å². The van der Waals surface area contributed by atoms with Gasteiger partial charge in [0.25, 0.3) is 5.56 Å². The van der Waals surface area contributed by atoms with Gasteiger partial charge in [-0.3, -0.25) is 18.6 Å². The van der Waals surface area contributed by atoms with Crippen molar-refractivity contribution in [3.8, 4) is 0 Å². The van der Waals surface area contributed by atoms with Crippen molar-refractivity contribution in [3.05, 3.63) is 112 Å². The Morgan fingerprint density at radius 3 is 2.47 bits per heavy atom. The molecule has 1 N–H and O–H groups in total. The third-order valence-corrected chi connectivity index (χ3v) is 6.44. The Morgan fingerprint density at radius 2 is 1.64 bits per heavy atom. The Balaban J connectivity index is 1.34. The van der Waals surface area contributed by atoms with Crippen LogP contribution in [0, 0.1) is 6.92 Å². The van der Waals surface area contributed by atoms with Crippen molar-refractivity contribution < 1.29 is 4.79 Å². The molecule has 2 heterocycles. The molecule has 3 aromatic carbocycles. The van der Waals surface area contributed by atoms with Gasteiger partial charge in [0.1, 0.15) is 5.82 Å². The lowest BCUT2D eigenvalue weighted by molar-refractivity contribution is -0.121. The van der Waals surface area contributed by atoms with Gasteiger partial charge in [0.15, 0.2) is 0 Å². The van der Waals surface area contributed by atoms with Crippen LogP contribution in [0.5, 0.6) is 0 Å². The number of carbonyl (C=O) groups excluding carboxylic acids is 1. The predicted octanol–water partition coefficient (Wildman–Crippen LogP) is 3.89. The van der Waals surface area contributed by atoms with Crippen LogP contribution in [0.15, 0.2) is 83.7 Å². The maximum Gasteiger partial charge on any atom is 0.262 e. The number of carbonyl (C=O) groups is 1. The van der Waals surface area contributed by atoms with Gasteiger partial charge >= 0.3 is 0 Å². The van der Waals surface area contributed by atoms with Crippen LogP contribution in [0.2, 0.25) is 0 Å². The summed E-state index contributed by atoms with van der Waals surface area (Å²) in [6, 6.07) is 25.9. The number of aryl methyl sites for hydroxylation is 4. The molecular formula is C29H29N5O2. The van der Waals surface area contributed by atoms with Gasteiger partial charge in [0, 0.05) is 25.9 Å². The molecule has 5 aromatic rings. The molecule has 0 unspecified atom stereocenters. The first-order valence-electron chi connectivity index (χ1n) is 12.3. The van der Waals surface area contributed by atoms with Gasteiger partial charge in [0.05, 0.1) is 10.9 Å². The second-order valence-corrected chi connectivity index (χ2v) is 9.05. The number of fused-ring (bicyclic) bond motifs is 3. The summed E-state index contributed by atoms with van der Waals surface area (Å²) in [6.07, 6.45) is 2.23. The van der Waals surface area contributed by atoms with Crippen molar-refractivity contribution in [1.82, 2.24) is 24.5 Å². The highest BCUT2D eigenvalue weighted by molar-refractivity contribution is 5.80. The topological polar surface area (TPSA) is 81.3 Å². The fourth-order valence-corrected chi connectivity index (χ4v) is 4.59. The van der Waals surface area contributed by atoms with Crippen LogP contribution in [0.25, 0.3) is 16.7 Å². The van der Waals surface area contributed by atoms with Crippen LogP contribution in [0.1, 0.15) is 28.9 Å². The summed E-state index contributed by atoms with van der Waals surface area (Å²) in [5.41, 5.74) is 4.25. The van der Waals surface area contributed by atoms with Crippen LogP contribution in [-0.4, -0.2) is 31.6 Å². The number of rotatable bonds is 9. The van der Waals surface area contributed by atoms with E-state index in [2.05, 4.69) is 52.8 Å². The monoisotopic (exact) mass is 479 g/mol. The summed E-state index contributed by atoms with van der Waals surface area (Å²) in [4.78, 5) is 25.9. The highest BCUT2D eigenvalue weighted by atomic mass is 16.1. The van der Waals surface area contributed by atoms with E-state index < -0.39 is 0 Å². The smallest absolute Gasteiger partial charge is 0.262 e. The van der Waals surface area contributed by atoms with Gasteiger partial charge in [-0.1, -0.05) is 72.3 Å². The van der Waals surface area contributed by atoms with Gasteiger partial charge in [0.2, 0.25) is 11.7 Å². The number of amides is 1. The standard InChI is InChI=1S/C29H29N5O2/c1-21-8-7-11-23(20-21)16-18-30-27(35)15-14-26-31-32-29-33(19-17-22-9-3-2-4-10-22)28(36)24-12-5-6-13-25(24)34(26)29/h2-13,20H,14-19H2,1H3,(H,30,35). The minimum absolute atomic E-state index is 0.0268. The van der Waals surface area contributed by atoms with E-state index in [1.807, 2.05) is 52.9 Å². The summed E-state index contributed by atoms with van der Waals surface area (Å²) >= 11 is 0. The Labute approximate surface area is 209 Å². The molecule has 0 aliphatic rings. The van der Waals surface area contributed by atoms with Gasteiger partial charge < -0.3 is 5.32 Å². The van der Waals surface area contributed by atoms with Gasteiger partial charge in [-0.25, -0.2) is 0 Å². The van der Waals surface area contributed by atoms with Crippen molar-refractivity contribution in [2.45, 2.75) is 39.2 Å². The molecule has 0 spiro atoms. The van der Waals surface area contributed by atoms with Crippen LogP contribution in [0.4, 0.5) is 0 Å². The molecular weight excluding hydrogens is 450 g/mol. The van der Waals surface area contributed by atoms with Crippen molar-refractivity contribution in [3.63, 3.8) is 0 Å². The first-order valence-corrected chi connectivity index (χ1v) is 12.3. The quantitative estimate of drug-likeness (QED) is 0.348. The lowest BCUT2D eigenvalue weighted by Crippen LogP contribution is -2.26. The number of hydrogen-bond donors (Lipinski definition) is 1. The minimum atomic E-state index is -0.0816. The molecule has 0 atom stereocenters. The molecule has 36 heavy (non-hydrogen) atoms. The third kappa shape index (κ3) is 5.05. The van der Waals surface area contributed by atoms with Crippen LogP contribution in [0.3, 0.4) is 0 Å².